The summed E-state index contributed by atoms with van der Waals surface area (Å²) in [4.78, 5) is 27.8. The normalized spacial score (nSPS) is 12.7. The van der Waals surface area contributed by atoms with Crippen molar-refractivity contribution in [2.75, 3.05) is 5.32 Å². The van der Waals surface area contributed by atoms with Crippen molar-refractivity contribution in [3.8, 4) is 5.75 Å². The minimum atomic E-state index is -5.24. The molecular weight excluding hydrogens is 600 g/mol. The number of nitrogens with one attached hydrogen (secondary N) is 3. The zero-order chi connectivity index (χ0) is 29.6. The number of fused-ring (bicyclic) bond motifs is 1. The summed E-state index contributed by atoms with van der Waals surface area (Å²) in [6, 6.07) is 6.62. The highest BCUT2D eigenvalue weighted by atomic mass is 32.2. The summed E-state index contributed by atoms with van der Waals surface area (Å²) in [5, 5.41) is 19.6. The molecule has 40 heavy (non-hydrogen) atoms. The van der Waals surface area contributed by atoms with Crippen LogP contribution >= 0.6 is 0 Å². The van der Waals surface area contributed by atoms with Gasteiger partial charge in [-0.2, -0.15) is 30.2 Å². The summed E-state index contributed by atoms with van der Waals surface area (Å²) in [5.74, 6) is -1.67. The van der Waals surface area contributed by atoms with Gasteiger partial charge in [0.05, 0.1) is 10.6 Å². The first-order chi connectivity index (χ1) is 18.4. The van der Waals surface area contributed by atoms with Gasteiger partial charge in [-0.05, 0) is 35.7 Å². The topological polar surface area (TPSA) is 299 Å². The lowest BCUT2D eigenvalue weighted by molar-refractivity contribution is 0.472. The average Bonchev–Trinajstić information content (AvgIpc) is 2.80. The van der Waals surface area contributed by atoms with Crippen molar-refractivity contribution < 1.29 is 44.0 Å². The standard InChI is InChI=1S/C19H14N6O12S3/c26-16-14-8(5-9(38(29,30)31)7-11(14)20-17-21-18(27)23-19(28)22-17)6-13(40(35,36)37)15(16)25-24-10-3-1-2-4-12(10)39(32,33)34/h1-7,26H,(H,29,30,31)(H,32,33,34)(H,35,36,37)(H3,20,21,22,23,27,28). The number of nitrogens with zero attached hydrogens (tertiary/aromatic N) is 3. The van der Waals surface area contributed by atoms with E-state index in [4.69, 9.17) is 0 Å². The second kappa shape index (κ2) is 9.89. The smallest absolute Gasteiger partial charge is 0.352 e. The number of aromatic hydroxyl groups is 1. The van der Waals surface area contributed by atoms with Gasteiger partial charge in [0, 0.05) is 5.39 Å². The molecule has 0 bridgehead atoms. The predicted octanol–water partition coefficient (Wildman–Crippen LogP) is 1.22. The monoisotopic (exact) mass is 614 g/mol. The molecule has 1 heterocycles. The van der Waals surface area contributed by atoms with Crippen molar-refractivity contribution in [3.63, 3.8) is 0 Å². The van der Waals surface area contributed by atoms with Crippen molar-refractivity contribution in [1.82, 2.24) is 15.0 Å². The Kier molecular flexibility index (Phi) is 7.04. The van der Waals surface area contributed by atoms with Gasteiger partial charge in [-0.3, -0.25) is 23.6 Å². The Bertz CT molecular complexity index is 2140. The van der Waals surface area contributed by atoms with E-state index in [9.17, 15) is 53.6 Å². The van der Waals surface area contributed by atoms with Gasteiger partial charge in [-0.1, -0.05) is 12.1 Å². The van der Waals surface area contributed by atoms with E-state index >= 15 is 0 Å². The molecule has 0 radical (unpaired) electrons. The minimum Gasteiger partial charge on any atom is -0.505 e. The molecular formula is C19H14N6O12S3. The zero-order valence-electron chi connectivity index (χ0n) is 19.2. The Labute approximate surface area is 222 Å². The fourth-order valence-electron chi connectivity index (χ4n) is 3.44. The highest BCUT2D eigenvalue weighted by Gasteiger charge is 2.26. The maximum Gasteiger partial charge on any atom is 0.352 e. The van der Waals surface area contributed by atoms with Crippen molar-refractivity contribution in [2.45, 2.75) is 14.7 Å². The summed E-state index contributed by atoms with van der Waals surface area (Å²) in [5.41, 5.74) is -4.13. The molecule has 21 heteroatoms. The zero-order valence-corrected chi connectivity index (χ0v) is 21.6. The third-order valence-corrected chi connectivity index (χ3v) is 7.62. The lowest BCUT2D eigenvalue weighted by Gasteiger charge is -2.15. The molecule has 3 aromatic carbocycles. The van der Waals surface area contributed by atoms with Crippen LogP contribution in [0.1, 0.15) is 0 Å². The summed E-state index contributed by atoms with van der Waals surface area (Å²) in [7, 11) is -15.0. The molecule has 18 nitrogen and oxygen atoms in total. The second-order valence-corrected chi connectivity index (χ2v) is 11.9. The van der Waals surface area contributed by atoms with Crippen LogP contribution in [0.4, 0.5) is 23.0 Å². The van der Waals surface area contributed by atoms with Gasteiger partial charge in [0.15, 0.2) is 5.75 Å². The Morgan fingerprint density at radius 1 is 0.800 bits per heavy atom. The molecule has 4 aromatic rings. The first-order valence-corrected chi connectivity index (χ1v) is 14.5. The number of benzene rings is 3. The van der Waals surface area contributed by atoms with Crippen molar-refractivity contribution in [2.24, 2.45) is 10.2 Å². The summed E-state index contributed by atoms with van der Waals surface area (Å²) >= 11 is 0. The van der Waals surface area contributed by atoms with E-state index < -0.39 is 96.0 Å². The van der Waals surface area contributed by atoms with Gasteiger partial charge in [-0.15, -0.1) is 10.2 Å². The quantitative estimate of drug-likeness (QED) is 0.114. The molecule has 0 aliphatic rings. The van der Waals surface area contributed by atoms with Crippen molar-refractivity contribution in [3.05, 3.63) is 63.4 Å². The van der Waals surface area contributed by atoms with Gasteiger partial charge in [0.1, 0.15) is 21.2 Å². The number of hydrogen-bond donors (Lipinski definition) is 7. The SMILES string of the molecule is O=c1nc(Nc2cc(S(=O)(=O)O)cc3cc(S(=O)(=O)O)c(N=Nc4ccccc4S(=O)(=O)O)c(O)c23)[nH]c(=O)[nH]1. The fourth-order valence-corrected chi connectivity index (χ4v) is 5.27. The number of phenolic OH excluding ortho intramolecular Hbond substituents is 1. The number of azo groups is 1. The Balaban J connectivity index is 2.08. The van der Waals surface area contributed by atoms with E-state index in [1.54, 1.807) is 4.98 Å². The van der Waals surface area contributed by atoms with Crippen molar-refractivity contribution >= 4 is 64.1 Å². The summed E-state index contributed by atoms with van der Waals surface area (Å²) in [6.07, 6.45) is 0. The third kappa shape index (κ3) is 5.88. The van der Waals surface area contributed by atoms with E-state index in [1.807, 2.05) is 0 Å². The largest absolute Gasteiger partial charge is 0.505 e. The molecule has 0 aliphatic carbocycles. The van der Waals surface area contributed by atoms with Crippen LogP contribution in [-0.2, 0) is 30.4 Å². The second-order valence-electron chi connectivity index (χ2n) is 7.70. The van der Waals surface area contributed by atoms with E-state index in [0.717, 1.165) is 18.2 Å². The first kappa shape index (κ1) is 28.5. The van der Waals surface area contributed by atoms with E-state index in [1.165, 1.54) is 12.1 Å². The van der Waals surface area contributed by atoms with Crippen LogP contribution in [0.3, 0.4) is 0 Å². The number of phenols is 1. The Morgan fingerprint density at radius 2 is 1.45 bits per heavy atom. The molecule has 0 saturated heterocycles. The molecule has 0 fully saturated rings. The molecule has 4 rings (SSSR count). The van der Waals surface area contributed by atoms with Gasteiger partial charge >= 0.3 is 11.4 Å². The van der Waals surface area contributed by atoms with Crippen LogP contribution in [0, 0.1) is 0 Å². The first-order valence-electron chi connectivity index (χ1n) is 10.2. The maximum atomic E-state index is 12.2. The van der Waals surface area contributed by atoms with Crippen molar-refractivity contribution in [1.29, 1.82) is 0 Å². The van der Waals surface area contributed by atoms with E-state index in [0.29, 0.717) is 12.1 Å². The Morgan fingerprint density at radius 3 is 2.05 bits per heavy atom. The number of rotatable bonds is 7. The molecule has 0 unspecified atom stereocenters. The molecule has 0 aliphatic heterocycles. The van der Waals surface area contributed by atoms with Gasteiger partial charge in [0.2, 0.25) is 5.95 Å². The predicted molar refractivity (Wildman–Crippen MR) is 134 cm³/mol. The lowest BCUT2D eigenvalue weighted by Crippen LogP contribution is -2.25. The fraction of sp³-hybridized carbons (Fsp3) is 0. The number of H-pyrrole nitrogens is 2. The average molecular weight is 615 g/mol. The van der Waals surface area contributed by atoms with Gasteiger partial charge in [-0.25, -0.2) is 9.59 Å². The lowest BCUT2D eigenvalue weighted by atomic mass is 10.1. The van der Waals surface area contributed by atoms with Crippen LogP contribution in [0.15, 0.2) is 77.0 Å². The highest BCUT2D eigenvalue weighted by molar-refractivity contribution is 7.86. The van der Waals surface area contributed by atoms with Crippen LogP contribution in [0.25, 0.3) is 10.8 Å². The molecule has 210 valence electrons. The molecule has 1 aromatic heterocycles. The van der Waals surface area contributed by atoms with E-state index in [2.05, 4.69) is 25.5 Å². The number of aromatic amines is 2. The molecule has 0 atom stereocenters. The summed E-state index contributed by atoms with van der Waals surface area (Å²) in [6.45, 7) is 0. The van der Waals surface area contributed by atoms with Gasteiger partial charge in [0.25, 0.3) is 30.4 Å². The van der Waals surface area contributed by atoms with E-state index in [-0.39, 0.29) is 0 Å². The molecule has 7 N–H and O–H groups in total. The van der Waals surface area contributed by atoms with Crippen LogP contribution < -0.4 is 16.7 Å². The molecule has 0 amide bonds. The number of aromatic nitrogens is 3. The van der Waals surface area contributed by atoms with Gasteiger partial charge < -0.3 is 10.4 Å². The Hall–Kier alpha value is -4.54. The maximum absolute atomic E-state index is 12.2. The van der Waals surface area contributed by atoms with Crippen LogP contribution in [0.2, 0.25) is 0 Å². The number of anilines is 2. The summed E-state index contributed by atoms with van der Waals surface area (Å²) < 4.78 is 100. The number of hydrogen-bond acceptors (Lipinski definition) is 13. The van der Waals surface area contributed by atoms with Crippen LogP contribution in [-0.4, -0.2) is 59.0 Å². The van der Waals surface area contributed by atoms with Crippen LogP contribution in [0.5, 0.6) is 5.75 Å². The highest BCUT2D eigenvalue weighted by Crippen LogP contribution is 2.45. The minimum absolute atomic E-state index is 0.438. The molecule has 0 spiro atoms. The molecule has 0 saturated carbocycles. The third-order valence-electron chi connectivity index (χ3n) is 5.02.